The lowest BCUT2D eigenvalue weighted by atomic mass is 10.2. The number of halogens is 4. The van der Waals surface area contributed by atoms with Crippen LogP contribution in [0.15, 0.2) is 59.4 Å². The number of nitrogens with one attached hydrogen (secondary N) is 2. The van der Waals surface area contributed by atoms with Crippen LogP contribution in [0.2, 0.25) is 0 Å². The van der Waals surface area contributed by atoms with Crippen molar-refractivity contribution in [2.45, 2.75) is 12.7 Å². The second-order valence-corrected chi connectivity index (χ2v) is 8.71. The fraction of sp³-hybridized carbons (Fsp3) is 0.167. The van der Waals surface area contributed by atoms with Gasteiger partial charge in [-0.15, -0.1) is 0 Å². The van der Waals surface area contributed by atoms with Crippen molar-refractivity contribution < 1.29 is 31.6 Å². The van der Waals surface area contributed by atoms with Crippen LogP contribution in [0.3, 0.4) is 0 Å². The number of anilines is 2. The number of fused-ring (bicyclic) bond motifs is 1. The molecule has 5 rings (SSSR count). The molecule has 0 fully saturated rings. The maximum Gasteiger partial charge on any atom is 0.436 e. The Morgan fingerprint density at radius 3 is 2.71 bits per heavy atom. The highest BCUT2D eigenvalue weighted by atomic mass is 19.4. The molecule has 0 aliphatic carbocycles. The Kier molecular flexibility index (Phi) is 6.11. The van der Waals surface area contributed by atoms with Crippen LogP contribution >= 0.6 is 0 Å². The Hall–Kier alpha value is -4.72. The molecule has 14 heteroatoms. The van der Waals surface area contributed by atoms with E-state index in [2.05, 4.69) is 20.6 Å². The summed E-state index contributed by atoms with van der Waals surface area (Å²) in [6.07, 6.45) is -1.52. The van der Waals surface area contributed by atoms with Crippen LogP contribution in [0, 0.1) is 5.82 Å². The molecular weight excluding hydrogens is 508 g/mol. The molecule has 196 valence electrons. The molecule has 0 saturated carbocycles. The van der Waals surface area contributed by atoms with E-state index in [0.717, 1.165) is 4.68 Å². The van der Waals surface area contributed by atoms with Gasteiger partial charge in [0.1, 0.15) is 11.6 Å². The van der Waals surface area contributed by atoms with Gasteiger partial charge in [0.15, 0.2) is 17.1 Å². The summed E-state index contributed by atoms with van der Waals surface area (Å²) in [5.74, 6) is -1.05. The zero-order chi connectivity index (χ0) is 27.2. The molecule has 0 atom stereocenters. The van der Waals surface area contributed by atoms with Crippen LogP contribution in [0.5, 0.6) is 0 Å². The summed E-state index contributed by atoms with van der Waals surface area (Å²) in [5, 5.41) is 8.49. The minimum Gasteiger partial charge on any atom is -0.380 e. The van der Waals surface area contributed by atoms with Gasteiger partial charge in [0.25, 0.3) is 0 Å². The number of benzene rings is 2. The van der Waals surface area contributed by atoms with E-state index in [1.807, 2.05) is 19.0 Å². The molecule has 0 aliphatic heterocycles. The molecular formula is C24H21F4N8O2+. The predicted octanol–water partition coefficient (Wildman–Crippen LogP) is 3.67. The third kappa shape index (κ3) is 4.68. The number of nitrogen functional groups attached to an aromatic ring is 1. The molecule has 3 heterocycles. The van der Waals surface area contributed by atoms with Crippen LogP contribution in [0.1, 0.15) is 22.0 Å². The number of aromatic nitrogens is 5. The number of hydrogen-bond donors (Lipinski definition) is 3. The van der Waals surface area contributed by atoms with E-state index in [-0.39, 0.29) is 17.2 Å². The quantitative estimate of drug-likeness (QED) is 0.228. The van der Waals surface area contributed by atoms with Gasteiger partial charge in [0, 0.05) is 36.3 Å². The number of carbonyl (C=O) groups is 1. The van der Waals surface area contributed by atoms with Gasteiger partial charge >= 0.3 is 17.8 Å². The molecule has 3 aromatic heterocycles. The van der Waals surface area contributed by atoms with Gasteiger partial charge in [-0.3, -0.25) is 4.79 Å². The first kappa shape index (κ1) is 25.0. The van der Waals surface area contributed by atoms with Gasteiger partial charge in [0.05, 0.1) is 23.7 Å². The highest BCUT2D eigenvalue weighted by Crippen LogP contribution is 2.29. The van der Waals surface area contributed by atoms with Gasteiger partial charge in [-0.05, 0) is 32.3 Å². The molecule has 0 saturated heterocycles. The number of aromatic amines is 1. The molecule has 0 aliphatic rings. The van der Waals surface area contributed by atoms with Gasteiger partial charge < -0.3 is 25.0 Å². The standard InChI is InChI=1S/C24H20F4N8O2/c1-34(2)12-21-30-7-8-35(21)13-3-5-17(16(25)10-13)31-23(37)18-11-20(24(26,27)28)32-36(18)14-4-6-19-15(9-14)22(29)33-38-19/h3-11H,12H2,1-2H3,(H3,29,31,33,37)/p+1. The van der Waals surface area contributed by atoms with Crippen LogP contribution in [0.25, 0.3) is 22.3 Å². The highest BCUT2D eigenvalue weighted by Gasteiger charge is 2.39. The molecule has 1 amide bonds. The normalized spacial score (nSPS) is 12.0. The molecule has 4 N–H and O–H groups in total. The topological polar surface area (TPSA) is 122 Å². The summed E-state index contributed by atoms with van der Waals surface area (Å²) in [6.45, 7) is 0.508. The third-order valence-electron chi connectivity index (χ3n) is 5.69. The van der Waals surface area contributed by atoms with Gasteiger partial charge in [0.2, 0.25) is 5.69 Å². The molecule has 38 heavy (non-hydrogen) atoms. The van der Waals surface area contributed by atoms with E-state index >= 15 is 4.39 Å². The molecule has 2 aromatic carbocycles. The van der Waals surface area contributed by atoms with Crippen molar-refractivity contribution in [1.29, 1.82) is 0 Å². The average Bonchev–Trinajstić information content (AvgIpc) is 3.58. The average molecular weight is 529 g/mol. The monoisotopic (exact) mass is 529 g/mol. The summed E-state index contributed by atoms with van der Waals surface area (Å²) in [7, 11) is 3.74. The second-order valence-electron chi connectivity index (χ2n) is 8.71. The number of amides is 1. The number of imidazole rings is 1. The molecule has 5 aromatic rings. The first-order valence-corrected chi connectivity index (χ1v) is 11.2. The fourth-order valence-corrected chi connectivity index (χ4v) is 3.93. The molecule has 0 radical (unpaired) electrons. The maximum absolute atomic E-state index is 15.0. The van der Waals surface area contributed by atoms with E-state index in [1.54, 1.807) is 23.0 Å². The van der Waals surface area contributed by atoms with Gasteiger partial charge in [-0.1, -0.05) is 9.84 Å². The Morgan fingerprint density at radius 1 is 1.21 bits per heavy atom. The predicted molar refractivity (Wildman–Crippen MR) is 128 cm³/mol. The number of nitrogens with zero attached hydrogens (tertiary/aromatic N) is 5. The number of rotatable bonds is 6. The SMILES string of the molecule is CN(C)Cc1nccn1-c1ccc(NC(=O)c2cc(C(F)(F)F)[nH][n+]2-c2ccc3onc(N)c3c2)c(F)c1. The van der Waals surface area contributed by atoms with Gasteiger partial charge in [-0.2, -0.15) is 18.3 Å². The van der Waals surface area contributed by atoms with Crippen molar-refractivity contribution in [1.82, 2.24) is 24.7 Å². The van der Waals surface area contributed by atoms with Crippen molar-refractivity contribution in [2.24, 2.45) is 0 Å². The van der Waals surface area contributed by atoms with Crippen LogP contribution in [0.4, 0.5) is 29.1 Å². The zero-order valence-electron chi connectivity index (χ0n) is 20.0. The Labute approximate surface area is 212 Å². The van der Waals surface area contributed by atoms with E-state index < -0.39 is 29.3 Å². The molecule has 0 spiro atoms. The van der Waals surface area contributed by atoms with E-state index in [4.69, 9.17) is 10.3 Å². The lowest BCUT2D eigenvalue weighted by Crippen LogP contribution is -2.40. The first-order valence-electron chi connectivity index (χ1n) is 11.2. The lowest BCUT2D eigenvalue weighted by Gasteiger charge is -2.13. The van der Waals surface area contributed by atoms with E-state index in [9.17, 15) is 18.0 Å². The number of H-pyrrole nitrogens is 1. The zero-order valence-corrected chi connectivity index (χ0v) is 20.0. The number of carbonyl (C=O) groups excluding carboxylic acids is 1. The Balaban J connectivity index is 1.48. The maximum atomic E-state index is 15.0. The van der Waals surface area contributed by atoms with Crippen molar-refractivity contribution in [2.75, 3.05) is 25.1 Å². The highest BCUT2D eigenvalue weighted by molar-refractivity contribution is 6.02. The second kappa shape index (κ2) is 9.30. The number of alkyl halides is 3. The summed E-state index contributed by atoms with van der Waals surface area (Å²) >= 11 is 0. The minimum absolute atomic E-state index is 0.0323. The van der Waals surface area contributed by atoms with Gasteiger partial charge in [-0.25, -0.2) is 9.37 Å². The molecule has 0 bridgehead atoms. The van der Waals surface area contributed by atoms with Crippen LogP contribution in [-0.4, -0.2) is 44.7 Å². The molecule has 0 unspecified atom stereocenters. The third-order valence-corrected chi connectivity index (χ3v) is 5.69. The summed E-state index contributed by atoms with van der Waals surface area (Å²) < 4.78 is 63.2. The summed E-state index contributed by atoms with van der Waals surface area (Å²) in [4.78, 5) is 19.3. The van der Waals surface area contributed by atoms with E-state index in [0.29, 0.717) is 35.1 Å². The van der Waals surface area contributed by atoms with Crippen molar-refractivity contribution in [3.05, 3.63) is 77.9 Å². The largest absolute Gasteiger partial charge is 0.436 e. The summed E-state index contributed by atoms with van der Waals surface area (Å²) in [6, 6.07) is 9.03. The molecule has 10 nitrogen and oxygen atoms in total. The lowest BCUT2D eigenvalue weighted by molar-refractivity contribution is -0.658. The fourth-order valence-electron chi connectivity index (χ4n) is 3.93. The van der Waals surface area contributed by atoms with Crippen LogP contribution in [-0.2, 0) is 12.7 Å². The Morgan fingerprint density at radius 2 is 2.00 bits per heavy atom. The van der Waals surface area contributed by atoms with Crippen molar-refractivity contribution >= 4 is 28.4 Å². The van der Waals surface area contributed by atoms with Crippen LogP contribution < -0.4 is 15.7 Å². The minimum atomic E-state index is -4.78. The summed E-state index contributed by atoms with van der Waals surface area (Å²) in [5.41, 5.74) is 4.88. The number of nitrogens with two attached hydrogens (primary N) is 1. The smallest absolute Gasteiger partial charge is 0.380 e. The van der Waals surface area contributed by atoms with Crippen molar-refractivity contribution in [3.8, 4) is 11.4 Å². The Bertz CT molecular complexity index is 1650. The number of hydrogen-bond acceptors (Lipinski definition) is 6. The van der Waals surface area contributed by atoms with E-state index in [1.165, 1.54) is 30.3 Å². The first-order chi connectivity index (χ1) is 18.0. The van der Waals surface area contributed by atoms with Crippen molar-refractivity contribution in [3.63, 3.8) is 0 Å².